The van der Waals surface area contributed by atoms with Gasteiger partial charge in [0.25, 0.3) is 5.09 Å². The molecule has 0 unspecified atom stereocenters. The lowest BCUT2D eigenvalue weighted by Crippen LogP contribution is -2.08. The van der Waals surface area contributed by atoms with Gasteiger partial charge < -0.3 is 15.3 Å². The van der Waals surface area contributed by atoms with Crippen LogP contribution in [0.1, 0.15) is 15.9 Å². The Labute approximate surface area is 178 Å². The zero-order chi connectivity index (χ0) is 21.2. The maximum atomic E-state index is 11.9. The normalized spacial score (nSPS) is 9.86. The number of nitrogens with zero attached hydrogens (tertiary/aromatic N) is 3. The first kappa shape index (κ1) is 22.4. The summed E-state index contributed by atoms with van der Waals surface area (Å²) in [7, 11) is 0. The molecule has 29 heavy (non-hydrogen) atoms. The summed E-state index contributed by atoms with van der Waals surface area (Å²) in [6.45, 7) is -0.202. The van der Waals surface area contributed by atoms with E-state index in [2.05, 4.69) is 27.7 Å². The van der Waals surface area contributed by atoms with E-state index in [-0.39, 0.29) is 6.61 Å². The van der Waals surface area contributed by atoms with Crippen molar-refractivity contribution in [2.45, 2.75) is 15.8 Å². The molecule has 0 aliphatic rings. The van der Waals surface area contributed by atoms with Crippen molar-refractivity contribution in [2.24, 2.45) is 5.14 Å². The van der Waals surface area contributed by atoms with E-state index in [1.807, 2.05) is 0 Å². The van der Waals surface area contributed by atoms with Gasteiger partial charge in [0.1, 0.15) is 12.4 Å². The lowest BCUT2D eigenvalue weighted by molar-refractivity contribution is -0.763. The first-order valence-electron chi connectivity index (χ1n) is 7.70. The minimum atomic E-state index is -0.877. The number of esters is 1. The minimum Gasteiger partial charge on any atom is -0.423 e. The van der Waals surface area contributed by atoms with Crippen molar-refractivity contribution in [3.8, 4) is 5.75 Å². The number of ether oxygens (including phenoxy) is 1. The van der Waals surface area contributed by atoms with Crippen LogP contribution in [0.3, 0.4) is 0 Å². The van der Waals surface area contributed by atoms with Gasteiger partial charge in [0.05, 0.1) is 5.56 Å². The standard InChI is InChI=1S/C14H11NO5S.C2H4N4S2/c16-14(11-4-6-13(21)7-5-11)20-12-3-1-2-10(8-12)9-19-15(17)18;3-1-5-6-2(7-1)8-4/h1-8,21H,9H2;4H2,(H2,3,5). The molecule has 10 nitrogen and oxygen atoms in total. The summed E-state index contributed by atoms with van der Waals surface area (Å²) in [5.41, 5.74) is 6.15. The number of nitrogens with two attached hydrogens (primary N) is 2. The predicted octanol–water partition coefficient (Wildman–Crippen LogP) is 2.99. The van der Waals surface area contributed by atoms with E-state index in [0.29, 0.717) is 26.3 Å². The van der Waals surface area contributed by atoms with Gasteiger partial charge in [0.15, 0.2) is 4.34 Å². The highest BCUT2D eigenvalue weighted by molar-refractivity contribution is 7.98. The Kier molecular flexibility index (Phi) is 8.67. The largest absolute Gasteiger partial charge is 0.423 e. The van der Waals surface area contributed by atoms with E-state index in [4.69, 9.17) is 15.6 Å². The number of nitrogen functional groups attached to an aromatic ring is 1. The molecule has 0 atom stereocenters. The summed E-state index contributed by atoms with van der Waals surface area (Å²) in [5.74, 6) is -0.227. The van der Waals surface area contributed by atoms with Gasteiger partial charge in [-0.05, 0) is 53.9 Å². The van der Waals surface area contributed by atoms with Crippen LogP contribution in [-0.4, -0.2) is 21.3 Å². The SMILES string of the molecule is NSc1nnc(N)s1.O=C(Oc1cccc(CO[N+](=O)[O-])c1)c1ccc(S)cc1. The number of thiol groups is 1. The van der Waals surface area contributed by atoms with Crippen LogP contribution in [0.15, 0.2) is 57.8 Å². The van der Waals surface area contributed by atoms with Crippen LogP contribution in [0, 0.1) is 10.1 Å². The van der Waals surface area contributed by atoms with E-state index < -0.39 is 11.1 Å². The second kappa shape index (κ2) is 11.2. The maximum Gasteiger partial charge on any atom is 0.343 e. The van der Waals surface area contributed by atoms with E-state index in [1.165, 1.54) is 17.4 Å². The van der Waals surface area contributed by atoms with Gasteiger partial charge in [0, 0.05) is 4.90 Å². The van der Waals surface area contributed by atoms with Gasteiger partial charge >= 0.3 is 5.97 Å². The third-order valence-electron chi connectivity index (χ3n) is 3.07. The smallest absolute Gasteiger partial charge is 0.343 e. The highest BCUT2D eigenvalue weighted by Gasteiger charge is 2.09. The lowest BCUT2D eigenvalue weighted by Gasteiger charge is -2.06. The van der Waals surface area contributed by atoms with Gasteiger partial charge in [-0.2, -0.15) is 0 Å². The van der Waals surface area contributed by atoms with Crippen molar-refractivity contribution in [3.63, 3.8) is 0 Å². The van der Waals surface area contributed by atoms with Crippen LogP contribution in [0.25, 0.3) is 0 Å². The van der Waals surface area contributed by atoms with Crippen LogP contribution in [0.5, 0.6) is 5.75 Å². The molecule has 3 rings (SSSR count). The highest BCUT2D eigenvalue weighted by Crippen LogP contribution is 2.18. The molecule has 0 aliphatic carbocycles. The molecular weight excluding hydrogens is 438 g/mol. The average molecular weight is 454 g/mol. The van der Waals surface area contributed by atoms with Gasteiger partial charge in [-0.15, -0.1) is 32.9 Å². The van der Waals surface area contributed by atoms with Gasteiger partial charge in [0.2, 0.25) is 5.13 Å². The Morgan fingerprint density at radius 2 is 1.97 bits per heavy atom. The Bertz CT molecular complexity index is 968. The molecule has 152 valence electrons. The molecule has 0 radical (unpaired) electrons. The van der Waals surface area contributed by atoms with Gasteiger partial charge in [-0.1, -0.05) is 23.5 Å². The fourth-order valence-electron chi connectivity index (χ4n) is 1.86. The van der Waals surface area contributed by atoms with Crippen LogP contribution >= 0.6 is 35.9 Å². The molecule has 0 bridgehead atoms. The fraction of sp³-hybridized carbons (Fsp3) is 0.0625. The average Bonchev–Trinajstić information content (AvgIpc) is 3.13. The molecule has 1 aromatic heterocycles. The summed E-state index contributed by atoms with van der Waals surface area (Å²) in [4.78, 5) is 27.1. The monoisotopic (exact) mass is 453 g/mol. The lowest BCUT2D eigenvalue weighted by atomic mass is 10.2. The molecule has 0 aliphatic heterocycles. The first-order chi connectivity index (χ1) is 13.9. The van der Waals surface area contributed by atoms with Gasteiger partial charge in [-0.25, -0.2) is 4.79 Å². The molecule has 0 amide bonds. The van der Waals surface area contributed by atoms with Crippen molar-refractivity contribution in [3.05, 3.63) is 69.8 Å². The van der Waals surface area contributed by atoms with Crippen molar-refractivity contribution in [1.29, 1.82) is 0 Å². The predicted molar refractivity (Wildman–Crippen MR) is 111 cm³/mol. The molecule has 0 saturated carbocycles. The number of anilines is 1. The van der Waals surface area contributed by atoms with Crippen molar-refractivity contribution >= 4 is 47.0 Å². The molecule has 3 aromatic rings. The third kappa shape index (κ3) is 7.95. The molecular formula is C16H15N5O5S3. The quantitative estimate of drug-likeness (QED) is 0.127. The van der Waals surface area contributed by atoms with Crippen molar-refractivity contribution < 1.29 is 19.5 Å². The van der Waals surface area contributed by atoms with Crippen molar-refractivity contribution in [2.75, 3.05) is 5.73 Å². The number of rotatable bonds is 6. The molecule has 2 aromatic carbocycles. The summed E-state index contributed by atoms with van der Waals surface area (Å²) in [5, 5.41) is 22.0. The Morgan fingerprint density at radius 1 is 1.24 bits per heavy atom. The summed E-state index contributed by atoms with van der Waals surface area (Å²) >= 11 is 6.47. The van der Waals surface area contributed by atoms with Gasteiger partial charge in [-0.3, -0.25) is 5.14 Å². The second-order valence-corrected chi connectivity index (χ2v) is 7.51. The van der Waals surface area contributed by atoms with Crippen LogP contribution in [0.2, 0.25) is 0 Å². The number of carbonyl (C=O) groups is 1. The molecule has 0 spiro atoms. The minimum absolute atomic E-state index is 0.202. The summed E-state index contributed by atoms with van der Waals surface area (Å²) in [6.07, 6.45) is 0. The Hall–Kier alpha value is -2.87. The Balaban J connectivity index is 0.000000313. The molecule has 1 heterocycles. The van der Waals surface area contributed by atoms with E-state index in [1.54, 1.807) is 42.5 Å². The highest BCUT2D eigenvalue weighted by atomic mass is 32.2. The molecule has 4 N–H and O–H groups in total. The van der Waals surface area contributed by atoms with Crippen LogP contribution in [-0.2, 0) is 11.4 Å². The molecule has 0 saturated heterocycles. The van der Waals surface area contributed by atoms with E-state index in [9.17, 15) is 14.9 Å². The Morgan fingerprint density at radius 3 is 2.52 bits per heavy atom. The molecule has 0 fully saturated rings. The van der Waals surface area contributed by atoms with Crippen LogP contribution in [0.4, 0.5) is 5.13 Å². The number of benzene rings is 2. The topological polar surface area (TPSA) is 156 Å². The van der Waals surface area contributed by atoms with Crippen molar-refractivity contribution in [1.82, 2.24) is 10.2 Å². The van der Waals surface area contributed by atoms with E-state index in [0.717, 1.165) is 16.8 Å². The third-order valence-corrected chi connectivity index (χ3v) is 4.74. The first-order valence-corrected chi connectivity index (χ1v) is 9.85. The number of hydrogen-bond donors (Lipinski definition) is 3. The zero-order valence-corrected chi connectivity index (χ0v) is 17.2. The zero-order valence-electron chi connectivity index (χ0n) is 14.6. The second-order valence-electron chi connectivity index (χ2n) is 5.10. The maximum absolute atomic E-state index is 11.9. The fourth-order valence-corrected chi connectivity index (χ4v) is 2.89. The summed E-state index contributed by atoms with van der Waals surface area (Å²) < 4.78 is 5.90. The molecule has 13 heteroatoms. The number of carbonyl (C=O) groups excluding carboxylic acids is 1. The van der Waals surface area contributed by atoms with Crippen LogP contribution < -0.4 is 15.6 Å². The van der Waals surface area contributed by atoms with E-state index >= 15 is 0 Å². The summed E-state index contributed by atoms with van der Waals surface area (Å²) in [6, 6.07) is 12.9. The number of aromatic nitrogens is 2. The number of hydrogen-bond acceptors (Lipinski definition) is 12.